The summed E-state index contributed by atoms with van der Waals surface area (Å²) >= 11 is 0. The van der Waals surface area contributed by atoms with Crippen molar-refractivity contribution in [3.63, 3.8) is 0 Å². The van der Waals surface area contributed by atoms with Crippen molar-refractivity contribution in [2.24, 2.45) is 0 Å². The molecule has 1 heterocycles. The Hall–Kier alpha value is -1.51. The van der Waals surface area contributed by atoms with Crippen LogP contribution in [0.25, 0.3) is 0 Å². The molecule has 1 N–H and O–H groups in total. The van der Waals surface area contributed by atoms with Gasteiger partial charge in [0.05, 0.1) is 0 Å². The first-order valence-corrected chi connectivity index (χ1v) is 6.66. The van der Waals surface area contributed by atoms with Crippen molar-refractivity contribution in [3.05, 3.63) is 29.3 Å². The number of benzene rings is 1. The third-order valence-electron chi connectivity index (χ3n) is 3.94. The van der Waals surface area contributed by atoms with E-state index in [1.54, 1.807) is 18.2 Å². The Kier molecular flexibility index (Phi) is 3.60. The second-order valence-electron chi connectivity index (χ2n) is 5.20. The summed E-state index contributed by atoms with van der Waals surface area (Å²) in [4.78, 5) is 14.5. The molecule has 3 heteroatoms. The van der Waals surface area contributed by atoms with Crippen molar-refractivity contribution in [2.45, 2.75) is 52.1 Å². The molecule has 1 amide bonds. The molecule has 1 aliphatic rings. The quantitative estimate of drug-likeness (QED) is 0.872. The third-order valence-corrected chi connectivity index (χ3v) is 3.94. The van der Waals surface area contributed by atoms with Crippen LogP contribution in [0.3, 0.4) is 0 Å². The standard InChI is InChI=1S/C15H21NO2/c1-4-13-7-5-11(3)16(13)15(18)12-6-8-14(17)10(2)9-12/h6,8-9,11,13,17H,4-5,7H2,1-3H3. The maximum absolute atomic E-state index is 12.5. The number of aryl methyl sites for hydroxylation is 1. The Morgan fingerprint density at radius 3 is 2.78 bits per heavy atom. The van der Waals surface area contributed by atoms with E-state index in [-0.39, 0.29) is 11.7 Å². The monoisotopic (exact) mass is 247 g/mol. The molecule has 2 unspecified atom stereocenters. The summed E-state index contributed by atoms with van der Waals surface area (Å²) in [6.45, 7) is 6.06. The van der Waals surface area contributed by atoms with Crippen LogP contribution in [0, 0.1) is 6.92 Å². The minimum atomic E-state index is 0.0925. The molecule has 3 nitrogen and oxygen atoms in total. The number of hydrogen-bond donors (Lipinski definition) is 1. The normalized spacial score (nSPS) is 23.4. The highest BCUT2D eigenvalue weighted by atomic mass is 16.3. The fraction of sp³-hybridized carbons (Fsp3) is 0.533. The highest BCUT2D eigenvalue weighted by Crippen LogP contribution is 2.28. The van der Waals surface area contributed by atoms with Gasteiger partial charge in [-0.05, 0) is 56.9 Å². The van der Waals surface area contributed by atoms with Gasteiger partial charge in [0.2, 0.25) is 0 Å². The summed E-state index contributed by atoms with van der Waals surface area (Å²) in [6, 6.07) is 5.76. The average molecular weight is 247 g/mol. The number of phenolic OH excluding ortho intramolecular Hbond substituents is 1. The average Bonchev–Trinajstić information content (AvgIpc) is 2.73. The molecule has 0 bridgehead atoms. The van der Waals surface area contributed by atoms with Gasteiger partial charge in [0, 0.05) is 17.6 Å². The Labute approximate surface area is 108 Å². The largest absolute Gasteiger partial charge is 0.508 e. The van der Waals surface area contributed by atoms with Crippen LogP contribution in [0.4, 0.5) is 0 Å². The molecule has 0 spiro atoms. The number of likely N-dealkylation sites (tertiary alicyclic amines) is 1. The SMILES string of the molecule is CCC1CCC(C)N1C(=O)c1ccc(O)c(C)c1. The number of amides is 1. The van der Waals surface area contributed by atoms with Gasteiger partial charge in [-0.25, -0.2) is 0 Å². The van der Waals surface area contributed by atoms with Crippen LogP contribution >= 0.6 is 0 Å². The van der Waals surface area contributed by atoms with Crippen LogP contribution in [0.1, 0.15) is 49.0 Å². The zero-order valence-electron chi connectivity index (χ0n) is 11.3. The van der Waals surface area contributed by atoms with Crippen LogP contribution < -0.4 is 0 Å². The van der Waals surface area contributed by atoms with Crippen molar-refractivity contribution in [3.8, 4) is 5.75 Å². The summed E-state index contributed by atoms with van der Waals surface area (Å²) < 4.78 is 0. The van der Waals surface area contributed by atoms with Crippen molar-refractivity contribution in [1.29, 1.82) is 0 Å². The number of rotatable bonds is 2. The van der Waals surface area contributed by atoms with Crippen LogP contribution in [-0.2, 0) is 0 Å². The van der Waals surface area contributed by atoms with Gasteiger partial charge < -0.3 is 10.0 Å². The first kappa shape index (κ1) is 12.9. The molecule has 1 saturated heterocycles. The van der Waals surface area contributed by atoms with Gasteiger partial charge in [-0.1, -0.05) is 6.92 Å². The van der Waals surface area contributed by atoms with Crippen molar-refractivity contribution >= 4 is 5.91 Å². The second kappa shape index (κ2) is 5.01. The fourth-order valence-electron chi connectivity index (χ4n) is 2.78. The minimum absolute atomic E-state index is 0.0925. The number of aromatic hydroxyl groups is 1. The van der Waals surface area contributed by atoms with Gasteiger partial charge >= 0.3 is 0 Å². The molecule has 0 radical (unpaired) electrons. The Bertz CT molecular complexity index is 456. The molecule has 1 aromatic rings. The summed E-state index contributed by atoms with van der Waals surface area (Å²) in [5, 5.41) is 9.52. The van der Waals surface area contributed by atoms with Gasteiger partial charge in [0.25, 0.3) is 5.91 Å². The van der Waals surface area contributed by atoms with Crippen molar-refractivity contribution < 1.29 is 9.90 Å². The summed E-state index contributed by atoms with van der Waals surface area (Å²) in [7, 11) is 0. The van der Waals surface area contributed by atoms with Crippen LogP contribution in [-0.4, -0.2) is 28.0 Å². The van der Waals surface area contributed by atoms with E-state index < -0.39 is 0 Å². The highest BCUT2D eigenvalue weighted by Gasteiger charge is 2.33. The number of carbonyl (C=O) groups excluding carboxylic acids is 1. The Morgan fingerprint density at radius 1 is 1.44 bits per heavy atom. The van der Waals surface area contributed by atoms with E-state index in [9.17, 15) is 9.90 Å². The van der Waals surface area contributed by atoms with Gasteiger partial charge in [-0.3, -0.25) is 4.79 Å². The fourth-order valence-corrected chi connectivity index (χ4v) is 2.78. The van der Waals surface area contributed by atoms with Crippen molar-refractivity contribution in [2.75, 3.05) is 0 Å². The van der Waals surface area contributed by atoms with E-state index in [1.807, 2.05) is 11.8 Å². The Morgan fingerprint density at radius 2 is 2.17 bits per heavy atom. The topological polar surface area (TPSA) is 40.5 Å². The predicted molar refractivity (Wildman–Crippen MR) is 71.8 cm³/mol. The zero-order chi connectivity index (χ0) is 13.3. The van der Waals surface area contributed by atoms with E-state index in [1.165, 1.54) is 0 Å². The van der Waals surface area contributed by atoms with E-state index in [0.717, 1.165) is 24.8 Å². The lowest BCUT2D eigenvalue weighted by molar-refractivity contribution is 0.0676. The smallest absolute Gasteiger partial charge is 0.254 e. The number of hydrogen-bond acceptors (Lipinski definition) is 2. The zero-order valence-corrected chi connectivity index (χ0v) is 11.3. The lowest BCUT2D eigenvalue weighted by Crippen LogP contribution is -2.39. The molecule has 18 heavy (non-hydrogen) atoms. The van der Waals surface area contributed by atoms with Gasteiger partial charge in [-0.2, -0.15) is 0 Å². The molecule has 0 aliphatic carbocycles. The van der Waals surface area contributed by atoms with Crippen LogP contribution in [0.2, 0.25) is 0 Å². The van der Waals surface area contributed by atoms with Crippen molar-refractivity contribution in [1.82, 2.24) is 4.90 Å². The Balaban J connectivity index is 2.27. The summed E-state index contributed by atoms with van der Waals surface area (Å²) in [5.41, 5.74) is 1.43. The van der Waals surface area contributed by atoms with Gasteiger partial charge in [0.1, 0.15) is 5.75 Å². The molecular formula is C15H21NO2. The third kappa shape index (κ3) is 2.22. The predicted octanol–water partition coefficient (Wildman–Crippen LogP) is 3.10. The first-order valence-electron chi connectivity index (χ1n) is 6.66. The molecule has 0 aromatic heterocycles. The molecule has 0 saturated carbocycles. The highest BCUT2D eigenvalue weighted by molar-refractivity contribution is 5.95. The lowest BCUT2D eigenvalue weighted by Gasteiger charge is -2.28. The first-order chi connectivity index (χ1) is 8.54. The maximum Gasteiger partial charge on any atom is 0.254 e. The summed E-state index contributed by atoms with van der Waals surface area (Å²) in [6.07, 6.45) is 3.19. The van der Waals surface area contributed by atoms with E-state index >= 15 is 0 Å². The van der Waals surface area contributed by atoms with Crippen LogP contribution in [0.15, 0.2) is 18.2 Å². The summed E-state index contributed by atoms with van der Waals surface area (Å²) in [5.74, 6) is 0.336. The van der Waals surface area contributed by atoms with Crippen LogP contribution in [0.5, 0.6) is 5.75 Å². The number of carbonyl (C=O) groups is 1. The van der Waals surface area contributed by atoms with Gasteiger partial charge in [0.15, 0.2) is 0 Å². The van der Waals surface area contributed by atoms with E-state index in [4.69, 9.17) is 0 Å². The molecule has 1 aliphatic heterocycles. The maximum atomic E-state index is 12.5. The van der Waals surface area contributed by atoms with E-state index in [2.05, 4.69) is 13.8 Å². The molecule has 98 valence electrons. The lowest BCUT2D eigenvalue weighted by atomic mass is 10.1. The number of phenols is 1. The molecular weight excluding hydrogens is 226 g/mol. The number of nitrogens with zero attached hydrogens (tertiary/aromatic N) is 1. The molecule has 2 rings (SSSR count). The minimum Gasteiger partial charge on any atom is -0.508 e. The molecule has 1 aromatic carbocycles. The second-order valence-corrected chi connectivity index (χ2v) is 5.20. The molecule has 2 atom stereocenters. The molecule has 1 fully saturated rings. The van der Waals surface area contributed by atoms with Gasteiger partial charge in [-0.15, -0.1) is 0 Å². The van der Waals surface area contributed by atoms with E-state index in [0.29, 0.717) is 17.6 Å².